The number of ketones is 1. The van der Waals surface area contributed by atoms with Crippen LogP contribution in [-0.4, -0.2) is 43.3 Å². The third kappa shape index (κ3) is 5.31. The summed E-state index contributed by atoms with van der Waals surface area (Å²) in [5, 5.41) is 2.47. The van der Waals surface area contributed by atoms with Crippen LogP contribution in [-0.2, 0) is 20.7 Å². The maximum Gasteiger partial charge on any atom is 0.325 e. The monoisotopic (exact) mass is 408 g/mol. The molecule has 1 saturated heterocycles. The van der Waals surface area contributed by atoms with Crippen molar-refractivity contribution in [1.29, 1.82) is 0 Å². The number of amides is 2. The molecule has 2 amide bonds. The first-order valence-corrected chi connectivity index (χ1v) is 9.94. The number of ether oxygens (including phenoxy) is 1. The summed E-state index contributed by atoms with van der Waals surface area (Å²) in [5.74, 6) is -1.36. The summed E-state index contributed by atoms with van der Waals surface area (Å²) >= 11 is 0. The lowest BCUT2D eigenvalue weighted by atomic mass is 10.1. The van der Waals surface area contributed by atoms with Gasteiger partial charge in [0.2, 0.25) is 5.91 Å². The summed E-state index contributed by atoms with van der Waals surface area (Å²) in [4.78, 5) is 49.6. The smallest absolute Gasteiger partial charge is 0.325 e. The van der Waals surface area contributed by atoms with E-state index in [1.807, 2.05) is 19.1 Å². The van der Waals surface area contributed by atoms with Crippen LogP contribution in [0, 0.1) is 0 Å². The second kappa shape index (κ2) is 9.82. The van der Waals surface area contributed by atoms with Crippen LogP contribution in [0.2, 0.25) is 0 Å². The van der Waals surface area contributed by atoms with Gasteiger partial charge in [-0.3, -0.25) is 19.2 Å². The molecule has 0 unspecified atom stereocenters. The van der Waals surface area contributed by atoms with Gasteiger partial charge in [0, 0.05) is 29.8 Å². The van der Waals surface area contributed by atoms with Gasteiger partial charge in [0.05, 0.1) is 0 Å². The van der Waals surface area contributed by atoms with Crippen molar-refractivity contribution in [2.24, 2.45) is 0 Å². The van der Waals surface area contributed by atoms with E-state index in [-0.39, 0.29) is 24.8 Å². The van der Waals surface area contributed by atoms with Gasteiger partial charge in [-0.1, -0.05) is 31.2 Å². The van der Waals surface area contributed by atoms with Crippen LogP contribution in [0.1, 0.15) is 46.0 Å². The number of nitrogens with one attached hydrogen (secondary N) is 1. The van der Waals surface area contributed by atoms with Gasteiger partial charge in [0.15, 0.2) is 12.4 Å². The Kier molecular flexibility index (Phi) is 6.95. The molecule has 0 radical (unpaired) electrons. The van der Waals surface area contributed by atoms with E-state index in [9.17, 15) is 19.2 Å². The molecule has 2 aromatic rings. The Labute approximate surface area is 175 Å². The molecule has 2 aromatic carbocycles. The van der Waals surface area contributed by atoms with Gasteiger partial charge >= 0.3 is 5.97 Å². The van der Waals surface area contributed by atoms with Gasteiger partial charge < -0.3 is 15.0 Å². The number of Topliss-reactive ketones (excluding diaryl/α,β-unsaturated/α-hetero) is 1. The Balaban J connectivity index is 1.44. The molecule has 1 N–H and O–H groups in total. The third-order valence-electron chi connectivity index (χ3n) is 4.96. The van der Waals surface area contributed by atoms with Crippen molar-refractivity contribution in [2.45, 2.75) is 26.2 Å². The standard InChI is InChI=1S/C23H24N2O5/c1-2-16-5-7-17(8-6-16)20(26)15-30-22(28)14-24-23(29)18-9-11-19(12-10-18)25-13-3-4-21(25)27/h5-12H,2-4,13-15H2,1H3,(H,24,29). The highest BCUT2D eigenvalue weighted by atomic mass is 16.5. The zero-order chi connectivity index (χ0) is 21.5. The normalized spacial score (nSPS) is 13.2. The summed E-state index contributed by atoms with van der Waals surface area (Å²) in [6.45, 7) is 1.99. The van der Waals surface area contributed by atoms with E-state index in [0.717, 1.165) is 24.1 Å². The first-order valence-electron chi connectivity index (χ1n) is 9.94. The average Bonchev–Trinajstić information content (AvgIpc) is 3.21. The fourth-order valence-electron chi connectivity index (χ4n) is 3.18. The SMILES string of the molecule is CCc1ccc(C(=O)COC(=O)CNC(=O)c2ccc(N3CCCC3=O)cc2)cc1. The molecule has 1 heterocycles. The number of carbonyl (C=O) groups excluding carboxylic acids is 4. The van der Waals surface area contributed by atoms with Gasteiger partial charge in [0.25, 0.3) is 5.91 Å². The lowest BCUT2D eigenvalue weighted by molar-refractivity contribution is -0.141. The average molecular weight is 408 g/mol. The second-order valence-electron chi connectivity index (χ2n) is 7.01. The van der Waals surface area contributed by atoms with Crippen molar-refractivity contribution < 1.29 is 23.9 Å². The van der Waals surface area contributed by atoms with E-state index < -0.39 is 11.9 Å². The summed E-state index contributed by atoms with van der Waals surface area (Å²) < 4.78 is 4.95. The number of anilines is 1. The number of esters is 1. The third-order valence-corrected chi connectivity index (χ3v) is 4.96. The highest BCUT2D eigenvalue weighted by molar-refractivity contribution is 5.99. The molecule has 3 rings (SSSR count). The van der Waals surface area contributed by atoms with Gasteiger partial charge in [-0.05, 0) is 42.7 Å². The summed E-state index contributed by atoms with van der Waals surface area (Å²) in [6, 6.07) is 13.8. The minimum atomic E-state index is -0.693. The molecule has 0 saturated carbocycles. The lowest BCUT2D eigenvalue weighted by Gasteiger charge is -2.15. The highest BCUT2D eigenvalue weighted by Crippen LogP contribution is 2.21. The molecule has 156 valence electrons. The summed E-state index contributed by atoms with van der Waals surface area (Å²) in [7, 11) is 0. The number of rotatable bonds is 8. The lowest BCUT2D eigenvalue weighted by Crippen LogP contribution is -2.31. The van der Waals surface area contributed by atoms with Crippen LogP contribution in [0.5, 0.6) is 0 Å². The van der Waals surface area contributed by atoms with E-state index in [0.29, 0.717) is 24.1 Å². The minimum Gasteiger partial charge on any atom is -0.456 e. The Morgan fingerprint density at radius 2 is 1.67 bits per heavy atom. The Bertz CT molecular complexity index is 935. The number of hydrogen-bond acceptors (Lipinski definition) is 5. The number of aryl methyl sites for hydroxylation is 1. The molecule has 0 aromatic heterocycles. The molecule has 7 nitrogen and oxygen atoms in total. The van der Waals surface area contributed by atoms with Crippen LogP contribution in [0.4, 0.5) is 5.69 Å². The van der Waals surface area contributed by atoms with Crippen LogP contribution < -0.4 is 10.2 Å². The zero-order valence-corrected chi connectivity index (χ0v) is 16.8. The number of benzene rings is 2. The fourth-order valence-corrected chi connectivity index (χ4v) is 3.18. The van der Waals surface area contributed by atoms with Crippen molar-refractivity contribution in [3.8, 4) is 0 Å². The molecular formula is C23H24N2O5. The topological polar surface area (TPSA) is 92.8 Å². The molecule has 1 aliphatic rings. The van der Waals surface area contributed by atoms with Crippen molar-refractivity contribution in [3.05, 3.63) is 65.2 Å². The van der Waals surface area contributed by atoms with Crippen LogP contribution in [0.3, 0.4) is 0 Å². The van der Waals surface area contributed by atoms with Gasteiger partial charge in [-0.15, -0.1) is 0 Å². The minimum absolute atomic E-state index is 0.0748. The van der Waals surface area contributed by atoms with Crippen LogP contribution in [0.15, 0.2) is 48.5 Å². The zero-order valence-electron chi connectivity index (χ0n) is 16.8. The van der Waals surface area contributed by atoms with Crippen molar-refractivity contribution >= 4 is 29.3 Å². The Morgan fingerprint density at radius 1 is 1.00 bits per heavy atom. The molecule has 0 bridgehead atoms. The van der Waals surface area contributed by atoms with Crippen molar-refractivity contribution in [2.75, 3.05) is 24.6 Å². The van der Waals surface area contributed by atoms with E-state index >= 15 is 0 Å². The second-order valence-corrected chi connectivity index (χ2v) is 7.01. The van der Waals surface area contributed by atoms with Crippen molar-refractivity contribution in [1.82, 2.24) is 5.32 Å². The quantitative estimate of drug-likeness (QED) is 0.535. The van der Waals surface area contributed by atoms with Gasteiger partial charge in [0.1, 0.15) is 6.54 Å². The van der Waals surface area contributed by atoms with Gasteiger partial charge in [-0.2, -0.15) is 0 Å². The molecule has 1 fully saturated rings. The maximum atomic E-state index is 12.2. The number of hydrogen-bond donors (Lipinski definition) is 1. The predicted octanol–water partition coefficient (Wildman–Crippen LogP) is 2.53. The molecule has 1 aliphatic heterocycles. The van der Waals surface area contributed by atoms with E-state index in [1.165, 1.54) is 0 Å². The van der Waals surface area contributed by atoms with Crippen LogP contribution >= 0.6 is 0 Å². The number of carbonyl (C=O) groups is 4. The molecule has 0 aliphatic carbocycles. The van der Waals surface area contributed by atoms with Gasteiger partial charge in [-0.25, -0.2) is 0 Å². The largest absolute Gasteiger partial charge is 0.456 e. The van der Waals surface area contributed by atoms with E-state index in [1.54, 1.807) is 41.3 Å². The van der Waals surface area contributed by atoms with Crippen molar-refractivity contribution in [3.63, 3.8) is 0 Å². The molecule has 7 heteroatoms. The fraction of sp³-hybridized carbons (Fsp3) is 0.304. The maximum absolute atomic E-state index is 12.2. The van der Waals surface area contributed by atoms with E-state index in [4.69, 9.17) is 4.74 Å². The summed E-state index contributed by atoms with van der Waals surface area (Å²) in [5.41, 5.74) is 2.70. The highest BCUT2D eigenvalue weighted by Gasteiger charge is 2.21. The predicted molar refractivity (Wildman–Crippen MR) is 111 cm³/mol. The Hall–Kier alpha value is -3.48. The van der Waals surface area contributed by atoms with Crippen LogP contribution in [0.25, 0.3) is 0 Å². The molecule has 0 atom stereocenters. The summed E-state index contributed by atoms with van der Waals surface area (Å²) in [6.07, 6.45) is 2.24. The molecule has 30 heavy (non-hydrogen) atoms. The first-order chi connectivity index (χ1) is 14.5. The Morgan fingerprint density at radius 3 is 2.27 bits per heavy atom. The number of nitrogens with zero attached hydrogens (tertiary/aromatic N) is 1. The van der Waals surface area contributed by atoms with E-state index in [2.05, 4.69) is 5.32 Å². The molecule has 0 spiro atoms. The first kappa shape index (κ1) is 21.2. The molecular weight excluding hydrogens is 384 g/mol.